The van der Waals surface area contributed by atoms with Gasteiger partial charge in [0, 0.05) is 41.8 Å². The maximum Gasteiger partial charge on any atom is 0.312 e. The second-order valence-electron chi connectivity index (χ2n) is 6.84. The lowest BCUT2D eigenvalue weighted by Crippen LogP contribution is -2.38. The molecule has 29 heavy (non-hydrogen) atoms. The van der Waals surface area contributed by atoms with E-state index in [1.807, 2.05) is 41.9 Å². The number of primary amides is 1. The highest BCUT2D eigenvalue weighted by atomic mass is 16.2. The van der Waals surface area contributed by atoms with Crippen LogP contribution in [0, 0.1) is 0 Å². The van der Waals surface area contributed by atoms with Gasteiger partial charge in [-0.05, 0) is 37.3 Å². The van der Waals surface area contributed by atoms with Crippen LogP contribution in [-0.2, 0) is 11.8 Å². The SMILES string of the molecule is CC(CC(=O)Nc1cccc(NC(=O)c2cc3ccccc3n2C)c1)NC(N)=O. The fourth-order valence-electron chi connectivity index (χ4n) is 3.16. The summed E-state index contributed by atoms with van der Waals surface area (Å²) in [5.74, 6) is -0.519. The van der Waals surface area contributed by atoms with Crippen molar-refractivity contribution in [3.05, 3.63) is 60.3 Å². The number of carbonyl (C=O) groups excluding carboxylic acids is 3. The number of nitrogens with two attached hydrogens (primary N) is 1. The Bertz CT molecular complexity index is 1070. The van der Waals surface area contributed by atoms with Crippen molar-refractivity contribution < 1.29 is 14.4 Å². The second-order valence-corrected chi connectivity index (χ2v) is 6.84. The third kappa shape index (κ3) is 4.92. The molecule has 3 rings (SSSR count). The molecule has 150 valence electrons. The number of fused-ring (bicyclic) bond motifs is 1. The Hall–Kier alpha value is -3.81. The van der Waals surface area contributed by atoms with Gasteiger partial charge in [-0.2, -0.15) is 0 Å². The fraction of sp³-hybridized carbons (Fsp3) is 0.190. The first kappa shape index (κ1) is 19.9. The molecule has 0 aliphatic heterocycles. The molecule has 3 aromatic rings. The number of hydrogen-bond donors (Lipinski definition) is 4. The molecule has 1 aromatic heterocycles. The first-order valence-electron chi connectivity index (χ1n) is 9.15. The molecule has 0 fully saturated rings. The molecule has 0 radical (unpaired) electrons. The van der Waals surface area contributed by atoms with Crippen LogP contribution in [0.25, 0.3) is 10.9 Å². The Labute approximate surface area is 168 Å². The molecule has 8 heteroatoms. The summed E-state index contributed by atoms with van der Waals surface area (Å²) in [6, 6.07) is 15.4. The first-order chi connectivity index (χ1) is 13.8. The van der Waals surface area contributed by atoms with Crippen LogP contribution in [0.3, 0.4) is 0 Å². The van der Waals surface area contributed by atoms with Gasteiger partial charge >= 0.3 is 6.03 Å². The zero-order valence-electron chi connectivity index (χ0n) is 16.2. The molecule has 0 aliphatic carbocycles. The molecular weight excluding hydrogens is 370 g/mol. The smallest absolute Gasteiger partial charge is 0.312 e. The molecule has 5 N–H and O–H groups in total. The van der Waals surface area contributed by atoms with Crippen LogP contribution in [0.1, 0.15) is 23.8 Å². The third-order valence-corrected chi connectivity index (χ3v) is 4.47. The number of para-hydroxylation sites is 1. The fourth-order valence-corrected chi connectivity index (χ4v) is 3.16. The maximum atomic E-state index is 12.7. The van der Waals surface area contributed by atoms with E-state index in [4.69, 9.17) is 5.73 Å². The minimum Gasteiger partial charge on any atom is -0.352 e. The van der Waals surface area contributed by atoms with Gasteiger partial charge in [0.2, 0.25) is 5.91 Å². The van der Waals surface area contributed by atoms with E-state index in [9.17, 15) is 14.4 Å². The number of amides is 4. The van der Waals surface area contributed by atoms with Crippen LogP contribution < -0.4 is 21.7 Å². The molecule has 0 bridgehead atoms. The molecule has 0 spiro atoms. The normalized spacial score (nSPS) is 11.7. The number of aromatic nitrogens is 1. The van der Waals surface area contributed by atoms with Crippen molar-refractivity contribution >= 4 is 40.1 Å². The average Bonchev–Trinajstić information content (AvgIpc) is 2.98. The van der Waals surface area contributed by atoms with Gasteiger partial charge in [0.1, 0.15) is 5.69 Å². The van der Waals surface area contributed by atoms with Crippen molar-refractivity contribution in [2.75, 3.05) is 10.6 Å². The number of aryl methyl sites for hydroxylation is 1. The number of urea groups is 1. The number of benzene rings is 2. The minimum atomic E-state index is -0.677. The summed E-state index contributed by atoms with van der Waals surface area (Å²) in [7, 11) is 1.84. The predicted octanol–water partition coefficient (Wildman–Crippen LogP) is 2.82. The van der Waals surface area contributed by atoms with Gasteiger partial charge in [-0.25, -0.2) is 4.79 Å². The van der Waals surface area contributed by atoms with E-state index in [-0.39, 0.29) is 24.3 Å². The van der Waals surface area contributed by atoms with E-state index in [1.165, 1.54) is 0 Å². The molecule has 4 amide bonds. The number of carbonyl (C=O) groups is 3. The first-order valence-corrected chi connectivity index (χ1v) is 9.15. The van der Waals surface area contributed by atoms with Gasteiger partial charge in [0.15, 0.2) is 0 Å². The number of rotatable bonds is 6. The highest BCUT2D eigenvalue weighted by Gasteiger charge is 2.14. The molecule has 8 nitrogen and oxygen atoms in total. The van der Waals surface area contributed by atoms with Crippen molar-refractivity contribution in [1.29, 1.82) is 0 Å². The Morgan fingerprint density at radius 1 is 1.00 bits per heavy atom. The van der Waals surface area contributed by atoms with E-state index in [0.717, 1.165) is 10.9 Å². The molecule has 0 saturated carbocycles. The van der Waals surface area contributed by atoms with Crippen LogP contribution in [0.5, 0.6) is 0 Å². The Balaban J connectivity index is 1.67. The third-order valence-electron chi connectivity index (χ3n) is 4.47. The van der Waals surface area contributed by atoms with Gasteiger partial charge in [0.05, 0.1) is 0 Å². The quantitative estimate of drug-likeness (QED) is 0.516. The monoisotopic (exact) mass is 393 g/mol. The molecule has 1 unspecified atom stereocenters. The Kier molecular flexibility index (Phi) is 5.82. The summed E-state index contributed by atoms with van der Waals surface area (Å²) in [4.78, 5) is 35.7. The number of anilines is 2. The van der Waals surface area contributed by atoms with E-state index in [1.54, 1.807) is 31.2 Å². The zero-order valence-corrected chi connectivity index (χ0v) is 16.2. The molecule has 0 saturated heterocycles. The summed E-state index contributed by atoms with van der Waals surface area (Å²) in [5.41, 5.74) is 7.65. The van der Waals surface area contributed by atoms with Crippen LogP contribution in [0.15, 0.2) is 54.6 Å². The topological polar surface area (TPSA) is 118 Å². The highest BCUT2D eigenvalue weighted by molar-refractivity contribution is 6.06. The van der Waals surface area contributed by atoms with Crippen molar-refractivity contribution in [3.63, 3.8) is 0 Å². The predicted molar refractivity (Wildman–Crippen MR) is 113 cm³/mol. The molecule has 1 heterocycles. The van der Waals surface area contributed by atoms with Crippen molar-refractivity contribution in [2.45, 2.75) is 19.4 Å². The number of nitrogens with one attached hydrogen (secondary N) is 3. The van der Waals surface area contributed by atoms with Gasteiger partial charge in [-0.15, -0.1) is 0 Å². The van der Waals surface area contributed by atoms with E-state index in [2.05, 4.69) is 16.0 Å². The summed E-state index contributed by atoms with van der Waals surface area (Å²) in [6.07, 6.45) is 0.0788. The summed E-state index contributed by atoms with van der Waals surface area (Å²) >= 11 is 0. The summed E-state index contributed by atoms with van der Waals surface area (Å²) in [6.45, 7) is 1.69. The van der Waals surface area contributed by atoms with Gasteiger partial charge in [0.25, 0.3) is 5.91 Å². The van der Waals surface area contributed by atoms with Crippen LogP contribution in [0.2, 0.25) is 0 Å². The molecule has 2 aromatic carbocycles. The number of nitrogens with zero attached hydrogens (tertiary/aromatic N) is 1. The Morgan fingerprint density at radius 3 is 2.38 bits per heavy atom. The average molecular weight is 393 g/mol. The second kappa shape index (κ2) is 8.47. The van der Waals surface area contributed by atoms with Gasteiger partial charge in [-0.3, -0.25) is 9.59 Å². The largest absolute Gasteiger partial charge is 0.352 e. The lowest BCUT2D eigenvalue weighted by atomic mass is 10.2. The lowest BCUT2D eigenvalue weighted by Gasteiger charge is -2.13. The van der Waals surface area contributed by atoms with Crippen molar-refractivity contribution in [3.8, 4) is 0 Å². The van der Waals surface area contributed by atoms with E-state index in [0.29, 0.717) is 17.1 Å². The van der Waals surface area contributed by atoms with Crippen LogP contribution in [-0.4, -0.2) is 28.5 Å². The van der Waals surface area contributed by atoms with Crippen molar-refractivity contribution in [2.24, 2.45) is 12.8 Å². The minimum absolute atomic E-state index is 0.0788. The zero-order chi connectivity index (χ0) is 21.0. The molecular formula is C21H23N5O3. The standard InChI is InChI=1S/C21H23N5O3/c1-13(23-21(22)29)10-19(27)24-15-7-5-8-16(12-15)25-20(28)18-11-14-6-3-4-9-17(14)26(18)2/h3-9,11-13H,10H2,1-2H3,(H,24,27)(H,25,28)(H3,22,23,29). The van der Waals surface area contributed by atoms with Gasteiger partial charge in [-0.1, -0.05) is 24.3 Å². The summed E-state index contributed by atoms with van der Waals surface area (Å²) in [5, 5.41) is 9.04. The maximum absolute atomic E-state index is 12.7. The van der Waals surface area contributed by atoms with Crippen molar-refractivity contribution in [1.82, 2.24) is 9.88 Å². The van der Waals surface area contributed by atoms with E-state index < -0.39 is 6.03 Å². The summed E-state index contributed by atoms with van der Waals surface area (Å²) < 4.78 is 1.84. The van der Waals surface area contributed by atoms with Crippen LogP contribution in [0.4, 0.5) is 16.2 Å². The molecule has 0 aliphatic rings. The van der Waals surface area contributed by atoms with Crippen LogP contribution >= 0.6 is 0 Å². The lowest BCUT2D eigenvalue weighted by molar-refractivity contribution is -0.116. The highest BCUT2D eigenvalue weighted by Crippen LogP contribution is 2.21. The van der Waals surface area contributed by atoms with E-state index >= 15 is 0 Å². The number of hydrogen-bond acceptors (Lipinski definition) is 3. The van der Waals surface area contributed by atoms with Gasteiger partial charge < -0.3 is 26.3 Å². The molecule has 1 atom stereocenters. The Morgan fingerprint density at radius 2 is 1.69 bits per heavy atom.